The van der Waals surface area contributed by atoms with Crippen LogP contribution < -0.4 is 10.5 Å². The quantitative estimate of drug-likeness (QED) is 0.792. The first kappa shape index (κ1) is 14.5. The summed E-state index contributed by atoms with van der Waals surface area (Å²) in [4.78, 5) is 3.96. The molecule has 0 unspecified atom stereocenters. The van der Waals surface area contributed by atoms with Gasteiger partial charge in [0.1, 0.15) is 5.75 Å². The molecule has 1 heterocycles. The average Bonchev–Trinajstić information content (AvgIpc) is 2.42. The molecule has 1 aromatic carbocycles. The summed E-state index contributed by atoms with van der Waals surface area (Å²) in [5, 5.41) is 0.292. The van der Waals surface area contributed by atoms with E-state index in [9.17, 15) is 13.2 Å². The Hall–Kier alpha value is -0.540. The number of ether oxygens (including phenoxy) is 1. The molecule has 0 radical (unpaired) electrons. The minimum Gasteiger partial charge on any atom is -0.406 e. The topological polar surface area (TPSA) is 48.1 Å². The molecule has 2 rings (SSSR count). The minimum atomic E-state index is -4.71. The third-order valence-corrected chi connectivity index (χ3v) is 3.11. The van der Waals surface area contributed by atoms with Crippen molar-refractivity contribution in [3.05, 3.63) is 16.6 Å². The van der Waals surface area contributed by atoms with Crippen LogP contribution >= 0.6 is 44.2 Å². The first-order chi connectivity index (χ1) is 7.35. The number of hydrogen-bond donors (Lipinski definition) is 1. The summed E-state index contributed by atoms with van der Waals surface area (Å²) >= 11 is 4.21. The molecule has 2 aromatic rings. The van der Waals surface area contributed by atoms with E-state index < -0.39 is 6.36 Å². The third-order valence-electron chi connectivity index (χ3n) is 1.67. The van der Waals surface area contributed by atoms with Gasteiger partial charge in [0.05, 0.1) is 10.2 Å². The Morgan fingerprint density at radius 2 is 2.00 bits per heavy atom. The van der Waals surface area contributed by atoms with Crippen LogP contribution in [-0.2, 0) is 0 Å². The Labute approximate surface area is 117 Å². The smallest absolute Gasteiger partial charge is 0.406 e. The number of hydrogen-bond acceptors (Lipinski definition) is 4. The van der Waals surface area contributed by atoms with Crippen molar-refractivity contribution in [3.8, 4) is 5.75 Å². The van der Waals surface area contributed by atoms with E-state index in [1.165, 1.54) is 12.1 Å². The molecule has 9 heteroatoms. The first-order valence-electron chi connectivity index (χ1n) is 3.96. The number of nitrogen functional groups attached to an aromatic ring is 1. The van der Waals surface area contributed by atoms with Crippen molar-refractivity contribution in [1.82, 2.24) is 4.98 Å². The van der Waals surface area contributed by atoms with Gasteiger partial charge in [-0.15, -0.1) is 30.2 Å². The first-order valence-corrected chi connectivity index (χ1v) is 5.57. The lowest BCUT2D eigenvalue weighted by Crippen LogP contribution is -2.17. The van der Waals surface area contributed by atoms with Crippen molar-refractivity contribution >= 4 is 59.6 Å². The molecule has 0 fully saturated rings. The van der Waals surface area contributed by atoms with Crippen molar-refractivity contribution < 1.29 is 17.9 Å². The SMILES string of the molecule is Br.Nc1nc2c(Br)cc(OC(F)(F)F)cc2s1. The summed E-state index contributed by atoms with van der Waals surface area (Å²) in [7, 11) is 0. The Balaban J connectivity index is 0.00000144. The number of nitrogens with two attached hydrogens (primary N) is 1. The molecule has 3 nitrogen and oxygen atoms in total. The second-order valence-electron chi connectivity index (χ2n) is 2.85. The summed E-state index contributed by atoms with van der Waals surface area (Å²) in [5.74, 6) is -0.296. The summed E-state index contributed by atoms with van der Waals surface area (Å²) < 4.78 is 40.8. The minimum absolute atomic E-state index is 0. The van der Waals surface area contributed by atoms with Crippen molar-refractivity contribution in [2.45, 2.75) is 6.36 Å². The van der Waals surface area contributed by atoms with Crippen LogP contribution in [0.25, 0.3) is 10.2 Å². The fourth-order valence-electron chi connectivity index (χ4n) is 1.17. The largest absolute Gasteiger partial charge is 0.573 e. The number of fused-ring (bicyclic) bond motifs is 1. The molecule has 0 spiro atoms. The molecule has 0 aliphatic rings. The maximum absolute atomic E-state index is 12.0. The zero-order valence-corrected chi connectivity index (χ0v) is 12.0. The lowest BCUT2D eigenvalue weighted by Gasteiger charge is -2.08. The Morgan fingerprint density at radius 3 is 2.59 bits per heavy atom. The number of rotatable bonds is 1. The van der Waals surface area contributed by atoms with Gasteiger partial charge in [-0.3, -0.25) is 0 Å². The van der Waals surface area contributed by atoms with Crippen LogP contribution in [0.1, 0.15) is 0 Å². The summed E-state index contributed by atoms with van der Waals surface area (Å²) in [6.07, 6.45) is -4.71. The van der Waals surface area contributed by atoms with Crippen molar-refractivity contribution in [3.63, 3.8) is 0 Å². The van der Waals surface area contributed by atoms with Crippen LogP contribution in [0.4, 0.5) is 18.3 Å². The molecule has 94 valence electrons. The fraction of sp³-hybridized carbons (Fsp3) is 0.125. The third kappa shape index (κ3) is 3.46. The van der Waals surface area contributed by atoms with E-state index in [-0.39, 0.29) is 22.7 Å². The summed E-state index contributed by atoms with van der Waals surface area (Å²) in [6.45, 7) is 0. The van der Waals surface area contributed by atoms with Gasteiger partial charge in [-0.1, -0.05) is 11.3 Å². The second kappa shape index (κ2) is 4.99. The number of thiazole rings is 1. The molecule has 0 aliphatic heterocycles. The number of halogens is 5. The highest BCUT2D eigenvalue weighted by Gasteiger charge is 2.31. The molecular weight excluding hydrogens is 389 g/mol. The van der Waals surface area contributed by atoms with Gasteiger partial charge in [-0.2, -0.15) is 0 Å². The molecule has 0 amide bonds. The Morgan fingerprint density at radius 1 is 1.35 bits per heavy atom. The van der Waals surface area contributed by atoms with Gasteiger partial charge in [-0.05, 0) is 22.0 Å². The van der Waals surface area contributed by atoms with E-state index in [2.05, 4.69) is 25.7 Å². The number of nitrogens with zero attached hydrogens (tertiary/aromatic N) is 1. The fourth-order valence-corrected chi connectivity index (χ4v) is 2.62. The van der Waals surface area contributed by atoms with Crippen LogP contribution in [0.15, 0.2) is 16.6 Å². The Kier molecular flexibility index (Phi) is 4.26. The zero-order valence-electron chi connectivity index (χ0n) is 7.92. The van der Waals surface area contributed by atoms with Gasteiger partial charge in [0.2, 0.25) is 0 Å². The predicted molar refractivity (Wildman–Crippen MR) is 68.7 cm³/mol. The molecule has 0 bridgehead atoms. The lowest BCUT2D eigenvalue weighted by atomic mass is 10.3. The maximum atomic E-state index is 12.0. The van der Waals surface area contributed by atoms with Gasteiger partial charge >= 0.3 is 6.36 Å². The standard InChI is InChI=1S/C8H4BrF3N2OS.BrH/c9-4-1-3(15-8(10,11)12)2-5-6(4)14-7(13)16-5;/h1-2H,(H2,13,14);1H. The van der Waals surface area contributed by atoms with Gasteiger partial charge in [-0.25, -0.2) is 4.98 Å². The van der Waals surface area contributed by atoms with Crippen molar-refractivity contribution in [2.75, 3.05) is 5.73 Å². The average molecular weight is 394 g/mol. The number of alkyl halides is 3. The van der Waals surface area contributed by atoms with Crippen LogP contribution in [0.5, 0.6) is 5.75 Å². The molecule has 0 aliphatic carbocycles. The van der Waals surface area contributed by atoms with E-state index in [1.807, 2.05) is 0 Å². The van der Waals surface area contributed by atoms with Crippen LogP contribution in [0, 0.1) is 0 Å². The number of benzene rings is 1. The summed E-state index contributed by atoms with van der Waals surface area (Å²) in [6, 6.07) is 2.45. The van der Waals surface area contributed by atoms with E-state index in [4.69, 9.17) is 5.73 Å². The van der Waals surface area contributed by atoms with E-state index in [0.29, 0.717) is 19.8 Å². The van der Waals surface area contributed by atoms with Crippen molar-refractivity contribution in [1.29, 1.82) is 0 Å². The highest BCUT2D eigenvalue weighted by atomic mass is 79.9. The van der Waals surface area contributed by atoms with E-state index in [0.717, 1.165) is 11.3 Å². The molecule has 0 saturated heterocycles. The van der Waals surface area contributed by atoms with Gasteiger partial charge < -0.3 is 10.5 Å². The van der Waals surface area contributed by atoms with Crippen LogP contribution in [0.2, 0.25) is 0 Å². The van der Waals surface area contributed by atoms with Gasteiger partial charge in [0.15, 0.2) is 5.13 Å². The molecule has 0 saturated carbocycles. The highest BCUT2D eigenvalue weighted by Crippen LogP contribution is 2.35. The zero-order chi connectivity index (χ0) is 11.9. The van der Waals surface area contributed by atoms with Gasteiger partial charge in [0.25, 0.3) is 0 Å². The normalized spacial score (nSPS) is 11.3. The van der Waals surface area contributed by atoms with Crippen LogP contribution in [-0.4, -0.2) is 11.3 Å². The number of anilines is 1. The second-order valence-corrected chi connectivity index (χ2v) is 4.77. The molecule has 17 heavy (non-hydrogen) atoms. The van der Waals surface area contributed by atoms with Crippen LogP contribution in [0.3, 0.4) is 0 Å². The van der Waals surface area contributed by atoms with Gasteiger partial charge in [0, 0.05) is 10.5 Å². The molecule has 2 N–H and O–H groups in total. The number of aromatic nitrogens is 1. The molecule has 1 aromatic heterocycles. The molecular formula is C8H5Br2F3N2OS. The Bertz CT molecular complexity index is 543. The van der Waals surface area contributed by atoms with Crippen molar-refractivity contribution in [2.24, 2.45) is 0 Å². The predicted octanol–water partition coefficient (Wildman–Crippen LogP) is 4.12. The maximum Gasteiger partial charge on any atom is 0.573 e. The lowest BCUT2D eigenvalue weighted by molar-refractivity contribution is -0.274. The van der Waals surface area contributed by atoms with E-state index in [1.54, 1.807) is 0 Å². The summed E-state index contributed by atoms with van der Waals surface area (Å²) in [5.41, 5.74) is 5.99. The highest BCUT2D eigenvalue weighted by molar-refractivity contribution is 9.10. The monoisotopic (exact) mass is 392 g/mol. The van der Waals surface area contributed by atoms with E-state index >= 15 is 0 Å². The molecule has 0 atom stereocenters.